The monoisotopic (exact) mass is 264 g/mol. The fourth-order valence-electron chi connectivity index (χ4n) is 1.74. The van der Waals surface area contributed by atoms with Gasteiger partial charge in [-0.05, 0) is 32.2 Å². The number of halogens is 1. The minimum atomic E-state index is -1.02. The van der Waals surface area contributed by atoms with Crippen LogP contribution < -0.4 is 5.32 Å². The summed E-state index contributed by atoms with van der Waals surface area (Å²) in [7, 11) is 1.90. The summed E-state index contributed by atoms with van der Waals surface area (Å²) in [5.74, 6) is -1.25. The number of aliphatic carboxylic acids is 1. The molecule has 100 valence electrons. The van der Waals surface area contributed by atoms with Crippen LogP contribution in [0.4, 0.5) is 0 Å². The van der Waals surface area contributed by atoms with Crippen LogP contribution in [0.25, 0.3) is 0 Å². The van der Waals surface area contributed by atoms with E-state index in [1.807, 2.05) is 11.9 Å². The van der Waals surface area contributed by atoms with Gasteiger partial charge in [0.1, 0.15) is 6.54 Å². The third-order valence-electron chi connectivity index (χ3n) is 3.54. The van der Waals surface area contributed by atoms with Gasteiger partial charge in [0.2, 0.25) is 5.91 Å². The average molecular weight is 265 g/mol. The second kappa shape index (κ2) is 6.21. The minimum Gasteiger partial charge on any atom is -0.480 e. The number of nitrogens with one attached hydrogen (secondary N) is 1. The summed E-state index contributed by atoms with van der Waals surface area (Å²) in [6, 6.07) is 0.350. The fraction of sp³-hybridized carbons (Fsp3) is 0.818. The van der Waals surface area contributed by atoms with E-state index in [2.05, 4.69) is 19.2 Å². The third-order valence-corrected chi connectivity index (χ3v) is 3.54. The number of rotatable bonds is 6. The predicted molar refractivity (Wildman–Crippen MR) is 67.3 cm³/mol. The largest absolute Gasteiger partial charge is 0.480 e. The number of hydrogen-bond acceptors (Lipinski definition) is 3. The number of nitrogens with zero attached hydrogens (tertiary/aromatic N) is 1. The van der Waals surface area contributed by atoms with Crippen molar-refractivity contribution in [1.82, 2.24) is 10.2 Å². The van der Waals surface area contributed by atoms with Gasteiger partial charge in [0.05, 0.1) is 6.54 Å². The molecule has 0 aromatic carbocycles. The first kappa shape index (κ1) is 16.2. The molecule has 17 heavy (non-hydrogen) atoms. The van der Waals surface area contributed by atoms with Crippen molar-refractivity contribution >= 4 is 24.3 Å². The lowest BCUT2D eigenvalue weighted by Crippen LogP contribution is -2.43. The molecule has 0 spiro atoms. The third kappa shape index (κ3) is 4.91. The Bertz CT molecular complexity index is 292. The molecule has 1 aliphatic carbocycles. The molecule has 0 bridgehead atoms. The van der Waals surface area contributed by atoms with Crippen molar-refractivity contribution in [2.45, 2.75) is 32.7 Å². The Balaban J connectivity index is 0.00000256. The summed E-state index contributed by atoms with van der Waals surface area (Å²) in [6.07, 6.45) is 2.41. The molecule has 6 heteroatoms. The van der Waals surface area contributed by atoms with Gasteiger partial charge >= 0.3 is 5.97 Å². The summed E-state index contributed by atoms with van der Waals surface area (Å²) < 4.78 is 0. The highest BCUT2D eigenvalue weighted by atomic mass is 35.5. The van der Waals surface area contributed by atoms with Crippen molar-refractivity contribution in [3.05, 3.63) is 0 Å². The van der Waals surface area contributed by atoms with E-state index < -0.39 is 5.97 Å². The average Bonchev–Trinajstić information content (AvgIpc) is 2.93. The van der Waals surface area contributed by atoms with Crippen LogP contribution in [-0.4, -0.2) is 48.1 Å². The van der Waals surface area contributed by atoms with Gasteiger partial charge in [-0.3, -0.25) is 14.5 Å². The number of hydrogen-bond donors (Lipinski definition) is 2. The van der Waals surface area contributed by atoms with E-state index in [0.29, 0.717) is 11.5 Å². The van der Waals surface area contributed by atoms with Crippen LogP contribution in [0.3, 0.4) is 0 Å². The summed E-state index contributed by atoms with van der Waals surface area (Å²) in [5.41, 5.74) is 0.335. The van der Waals surface area contributed by atoms with Gasteiger partial charge in [-0.15, -0.1) is 12.4 Å². The molecular formula is C11H21ClN2O3. The first-order valence-electron chi connectivity index (χ1n) is 5.54. The number of carboxylic acids is 1. The van der Waals surface area contributed by atoms with Gasteiger partial charge in [-0.2, -0.15) is 0 Å². The molecule has 1 amide bonds. The number of carbonyl (C=O) groups excluding carboxylic acids is 1. The minimum absolute atomic E-state index is 0. The number of carbonyl (C=O) groups is 2. The molecule has 1 fully saturated rings. The Morgan fingerprint density at radius 1 is 1.47 bits per heavy atom. The Hall–Kier alpha value is -0.810. The van der Waals surface area contributed by atoms with E-state index in [4.69, 9.17) is 5.11 Å². The van der Waals surface area contributed by atoms with E-state index in [0.717, 1.165) is 0 Å². The lowest BCUT2D eigenvalue weighted by Gasteiger charge is -2.29. The van der Waals surface area contributed by atoms with Gasteiger partial charge in [0.15, 0.2) is 0 Å². The highest BCUT2D eigenvalue weighted by molar-refractivity contribution is 5.85. The van der Waals surface area contributed by atoms with Crippen molar-refractivity contribution in [3.8, 4) is 0 Å². The summed E-state index contributed by atoms with van der Waals surface area (Å²) in [5, 5.41) is 10.8. The van der Waals surface area contributed by atoms with Crippen LogP contribution in [0.15, 0.2) is 0 Å². The number of carboxylic acid groups (broad SMARTS) is 1. The van der Waals surface area contributed by atoms with E-state index >= 15 is 0 Å². The van der Waals surface area contributed by atoms with Gasteiger partial charge in [0.25, 0.3) is 0 Å². The van der Waals surface area contributed by atoms with Crippen LogP contribution in [0.2, 0.25) is 0 Å². The molecule has 1 atom stereocenters. The maximum absolute atomic E-state index is 11.4. The van der Waals surface area contributed by atoms with E-state index in [1.165, 1.54) is 12.8 Å². The molecule has 0 saturated heterocycles. The van der Waals surface area contributed by atoms with Gasteiger partial charge in [0, 0.05) is 6.04 Å². The quantitative estimate of drug-likeness (QED) is 0.742. The lowest BCUT2D eigenvalue weighted by molar-refractivity contribution is -0.138. The molecule has 1 aliphatic rings. The highest BCUT2D eigenvalue weighted by Gasteiger charge is 2.44. The highest BCUT2D eigenvalue weighted by Crippen LogP contribution is 2.49. The van der Waals surface area contributed by atoms with Crippen molar-refractivity contribution in [1.29, 1.82) is 0 Å². The van der Waals surface area contributed by atoms with E-state index in [-0.39, 0.29) is 31.4 Å². The number of likely N-dealkylation sites (N-methyl/N-ethyl adjacent to an activating group) is 1. The van der Waals surface area contributed by atoms with Gasteiger partial charge in [-0.1, -0.05) is 6.92 Å². The van der Waals surface area contributed by atoms with Gasteiger partial charge < -0.3 is 10.4 Å². The van der Waals surface area contributed by atoms with Gasteiger partial charge in [-0.25, -0.2) is 0 Å². The van der Waals surface area contributed by atoms with E-state index in [1.54, 1.807) is 0 Å². The van der Waals surface area contributed by atoms with Crippen LogP contribution in [-0.2, 0) is 9.59 Å². The predicted octanol–water partition coefficient (Wildman–Crippen LogP) is 0.729. The van der Waals surface area contributed by atoms with Crippen molar-refractivity contribution in [3.63, 3.8) is 0 Å². The first-order valence-corrected chi connectivity index (χ1v) is 5.54. The van der Waals surface area contributed by atoms with Crippen molar-refractivity contribution < 1.29 is 14.7 Å². The van der Waals surface area contributed by atoms with E-state index in [9.17, 15) is 9.59 Å². The molecule has 5 nitrogen and oxygen atoms in total. The topological polar surface area (TPSA) is 69.6 Å². The lowest BCUT2D eigenvalue weighted by atomic mass is 10.00. The maximum Gasteiger partial charge on any atom is 0.322 e. The molecule has 0 aliphatic heterocycles. The molecule has 1 saturated carbocycles. The van der Waals surface area contributed by atoms with Crippen LogP contribution in [0, 0.1) is 5.41 Å². The Morgan fingerprint density at radius 2 is 2.00 bits per heavy atom. The fourth-order valence-corrected chi connectivity index (χ4v) is 1.74. The molecule has 0 aromatic rings. The summed E-state index contributed by atoms with van der Waals surface area (Å²) in [6.45, 7) is 4.27. The molecular weight excluding hydrogens is 244 g/mol. The summed E-state index contributed by atoms with van der Waals surface area (Å²) in [4.78, 5) is 23.6. The SMILES string of the molecule is CC(N(C)CC(=O)NCC(=O)O)C1(C)CC1.Cl. The van der Waals surface area contributed by atoms with Crippen molar-refractivity contribution in [2.24, 2.45) is 5.41 Å². The molecule has 0 heterocycles. The van der Waals surface area contributed by atoms with Crippen LogP contribution in [0.5, 0.6) is 0 Å². The zero-order valence-corrected chi connectivity index (χ0v) is 11.3. The molecule has 0 radical (unpaired) electrons. The Kier molecular flexibility index (Phi) is 5.92. The second-order valence-corrected chi connectivity index (χ2v) is 4.92. The zero-order valence-electron chi connectivity index (χ0n) is 10.5. The number of amides is 1. The maximum atomic E-state index is 11.4. The van der Waals surface area contributed by atoms with Crippen LogP contribution >= 0.6 is 12.4 Å². The standard InChI is InChI=1S/C11H20N2O3.ClH/c1-8(11(2)4-5-11)13(3)7-9(14)12-6-10(15)16;/h8H,4-7H2,1-3H3,(H,12,14)(H,15,16);1H. The molecule has 1 unspecified atom stereocenters. The Labute approximate surface area is 108 Å². The van der Waals surface area contributed by atoms with Crippen LogP contribution in [0.1, 0.15) is 26.7 Å². The zero-order chi connectivity index (χ0) is 12.3. The Morgan fingerprint density at radius 3 is 2.41 bits per heavy atom. The smallest absolute Gasteiger partial charge is 0.322 e. The molecule has 0 aromatic heterocycles. The molecule has 2 N–H and O–H groups in total. The van der Waals surface area contributed by atoms with Crippen molar-refractivity contribution in [2.75, 3.05) is 20.1 Å². The normalized spacial score (nSPS) is 18.1. The molecule has 1 rings (SSSR count). The second-order valence-electron chi connectivity index (χ2n) is 4.92. The summed E-state index contributed by atoms with van der Waals surface area (Å²) >= 11 is 0. The first-order chi connectivity index (χ1) is 7.35.